The molecule has 1 aliphatic carbocycles. The summed E-state index contributed by atoms with van der Waals surface area (Å²) in [6, 6.07) is 7.98. The Hall–Kier alpha value is -0.680. The van der Waals surface area contributed by atoms with Crippen LogP contribution in [0, 0.1) is 11.8 Å². The molecular formula is C19H24Br2O3. The number of benzene rings is 1. The van der Waals surface area contributed by atoms with Crippen molar-refractivity contribution in [3.05, 3.63) is 34.3 Å². The highest BCUT2D eigenvalue weighted by atomic mass is 79.9. The highest BCUT2D eigenvalue weighted by molar-refractivity contribution is 9.10. The third-order valence-corrected chi connectivity index (χ3v) is 5.96. The van der Waals surface area contributed by atoms with E-state index in [0.717, 1.165) is 35.7 Å². The maximum Gasteiger partial charge on any atom is 0.309 e. The van der Waals surface area contributed by atoms with Gasteiger partial charge in [-0.1, -0.05) is 50.4 Å². The van der Waals surface area contributed by atoms with Gasteiger partial charge < -0.3 is 4.74 Å². The average Bonchev–Trinajstić information content (AvgIpc) is 3.33. The lowest BCUT2D eigenvalue weighted by molar-refractivity contribution is -0.145. The van der Waals surface area contributed by atoms with Crippen molar-refractivity contribution in [3.63, 3.8) is 0 Å². The van der Waals surface area contributed by atoms with Crippen LogP contribution in [-0.2, 0) is 19.7 Å². The molecule has 0 aromatic heterocycles. The minimum absolute atomic E-state index is 0.0613. The van der Waals surface area contributed by atoms with Gasteiger partial charge in [-0.3, -0.25) is 9.59 Å². The van der Waals surface area contributed by atoms with Crippen LogP contribution < -0.4 is 0 Å². The Kier molecular flexibility index (Phi) is 7.05. The van der Waals surface area contributed by atoms with Gasteiger partial charge in [0.05, 0.1) is 23.3 Å². The summed E-state index contributed by atoms with van der Waals surface area (Å²) in [6.07, 6.45) is 3.63. The Labute approximate surface area is 160 Å². The van der Waals surface area contributed by atoms with Crippen LogP contribution in [0.15, 0.2) is 28.7 Å². The molecule has 2 rings (SSSR count). The molecule has 5 heteroatoms. The number of rotatable bonds is 9. The number of esters is 1. The maximum absolute atomic E-state index is 12.6. The summed E-state index contributed by atoms with van der Waals surface area (Å²) >= 11 is 6.81. The minimum atomic E-state index is -0.498. The molecule has 3 atom stereocenters. The first-order valence-corrected chi connectivity index (χ1v) is 10.4. The largest absolute Gasteiger partial charge is 0.466 e. The van der Waals surface area contributed by atoms with Crippen molar-refractivity contribution in [3.8, 4) is 0 Å². The van der Waals surface area contributed by atoms with Crippen LogP contribution in [0.5, 0.6) is 0 Å². The summed E-state index contributed by atoms with van der Waals surface area (Å²) in [6.45, 7) is 4.31. The van der Waals surface area contributed by atoms with Crippen LogP contribution in [0.2, 0.25) is 0 Å². The number of halogens is 2. The van der Waals surface area contributed by atoms with Crippen molar-refractivity contribution < 1.29 is 14.3 Å². The van der Waals surface area contributed by atoms with Crippen molar-refractivity contribution in [2.75, 3.05) is 11.9 Å². The smallest absolute Gasteiger partial charge is 0.309 e. The molecular weight excluding hydrogens is 436 g/mol. The van der Waals surface area contributed by atoms with Crippen LogP contribution >= 0.6 is 31.9 Å². The standard InChI is InChI=1S/C19H24Br2O3/c1-3-24-18(23)16-10-13(16)6-5-9-19(2,17(22)12-20)14-7-4-8-15(21)11-14/h4,7-8,11,13,16H,3,5-6,9-10,12H2,1-2H3. The highest BCUT2D eigenvalue weighted by Crippen LogP contribution is 2.44. The summed E-state index contributed by atoms with van der Waals surface area (Å²) in [7, 11) is 0. The van der Waals surface area contributed by atoms with Crippen LogP contribution in [0.3, 0.4) is 0 Å². The maximum atomic E-state index is 12.6. The molecule has 1 aliphatic rings. The molecule has 132 valence electrons. The molecule has 3 unspecified atom stereocenters. The third-order valence-electron chi connectivity index (χ3n) is 4.96. The summed E-state index contributed by atoms with van der Waals surface area (Å²) in [4.78, 5) is 24.3. The molecule has 0 saturated heterocycles. The molecule has 0 bridgehead atoms. The summed E-state index contributed by atoms with van der Waals surface area (Å²) in [5, 5.41) is 0.352. The van der Waals surface area contributed by atoms with Gasteiger partial charge in [0.25, 0.3) is 0 Å². The lowest BCUT2D eigenvalue weighted by Gasteiger charge is -2.28. The first-order chi connectivity index (χ1) is 11.4. The van der Waals surface area contributed by atoms with Crippen LogP contribution in [0.4, 0.5) is 0 Å². The monoisotopic (exact) mass is 458 g/mol. The zero-order chi connectivity index (χ0) is 17.7. The number of ketones is 1. The van der Waals surface area contributed by atoms with Gasteiger partial charge in [-0.05, 0) is 56.7 Å². The highest BCUT2D eigenvalue weighted by Gasteiger charge is 2.44. The molecule has 1 fully saturated rings. The Bertz CT molecular complexity index is 602. The number of ether oxygens (including phenoxy) is 1. The number of alkyl halides is 1. The fourth-order valence-electron chi connectivity index (χ4n) is 3.25. The topological polar surface area (TPSA) is 43.4 Å². The quantitative estimate of drug-likeness (QED) is 0.383. The van der Waals surface area contributed by atoms with Gasteiger partial charge in [0.15, 0.2) is 5.78 Å². The van der Waals surface area contributed by atoms with Gasteiger partial charge in [0.2, 0.25) is 0 Å². The Morgan fingerprint density at radius 2 is 2.12 bits per heavy atom. The Balaban J connectivity index is 1.96. The van der Waals surface area contributed by atoms with Crippen molar-refractivity contribution in [1.82, 2.24) is 0 Å². The van der Waals surface area contributed by atoms with Gasteiger partial charge in [-0.25, -0.2) is 0 Å². The van der Waals surface area contributed by atoms with E-state index in [1.54, 1.807) is 0 Å². The van der Waals surface area contributed by atoms with E-state index < -0.39 is 5.41 Å². The number of carbonyl (C=O) groups is 2. The van der Waals surface area contributed by atoms with Gasteiger partial charge in [-0.2, -0.15) is 0 Å². The predicted octanol–water partition coefficient (Wildman–Crippen LogP) is 5.04. The van der Waals surface area contributed by atoms with E-state index in [2.05, 4.69) is 31.9 Å². The molecule has 0 radical (unpaired) electrons. The molecule has 0 heterocycles. The average molecular weight is 460 g/mol. The second-order valence-corrected chi connectivity index (χ2v) is 8.12. The van der Waals surface area contributed by atoms with Crippen LogP contribution in [0.25, 0.3) is 0 Å². The molecule has 1 aromatic rings. The van der Waals surface area contributed by atoms with Crippen molar-refractivity contribution in [2.24, 2.45) is 11.8 Å². The van der Waals surface area contributed by atoms with Crippen LogP contribution in [-0.4, -0.2) is 23.7 Å². The fourth-order valence-corrected chi connectivity index (χ4v) is 4.26. The fraction of sp³-hybridized carbons (Fsp3) is 0.579. The van der Waals surface area contributed by atoms with E-state index in [9.17, 15) is 9.59 Å². The zero-order valence-corrected chi connectivity index (χ0v) is 17.4. The molecule has 0 aliphatic heterocycles. The van der Waals surface area contributed by atoms with E-state index in [1.807, 2.05) is 38.1 Å². The van der Waals surface area contributed by atoms with E-state index in [-0.39, 0.29) is 17.7 Å². The molecule has 24 heavy (non-hydrogen) atoms. The molecule has 1 saturated carbocycles. The lowest BCUT2D eigenvalue weighted by Crippen LogP contribution is -2.33. The summed E-state index contributed by atoms with van der Waals surface area (Å²) < 4.78 is 6.06. The van der Waals surface area contributed by atoms with Crippen LogP contribution in [0.1, 0.15) is 45.1 Å². The SMILES string of the molecule is CCOC(=O)C1CC1CCCC(C)(C(=O)CBr)c1cccc(Br)c1. The predicted molar refractivity (Wildman–Crippen MR) is 102 cm³/mol. The normalized spacial score (nSPS) is 21.8. The summed E-state index contributed by atoms with van der Waals surface area (Å²) in [5.74, 6) is 0.635. The minimum Gasteiger partial charge on any atom is -0.466 e. The van der Waals surface area contributed by atoms with E-state index >= 15 is 0 Å². The van der Waals surface area contributed by atoms with Crippen molar-refractivity contribution in [1.29, 1.82) is 0 Å². The second-order valence-electron chi connectivity index (χ2n) is 6.65. The van der Waals surface area contributed by atoms with E-state index in [1.165, 1.54) is 0 Å². The van der Waals surface area contributed by atoms with Gasteiger partial charge in [-0.15, -0.1) is 0 Å². The number of hydrogen-bond acceptors (Lipinski definition) is 3. The first kappa shape index (κ1) is 19.6. The van der Waals surface area contributed by atoms with Crippen molar-refractivity contribution >= 4 is 43.6 Å². The molecule has 0 N–H and O–H groups in total. The molecule has 0 amide bonds. The van der Waals surface area contributed by atoms with Crippen molar-refractivity contribution in [2.45, 2.75) is 44.9 Å². The Morgan fingerprint density at radius 3 is 2.75 bits per heavy atom. The van der Waals surface area contributed by atoms with Gasteiger partial charge in [0.1, 0.15) is 0 Å². The lowest BCUT2D eigenvalue weighted by atomic mass is 9.75. The molecule has 1 aromatic carbocycles. The van der Waals surface area contributed by atoms with E-state index in [4.69, 9.17) is 4.74 Å². The van der Waals surface area contributed by atoms with Gasteiger partial charge in [0, 0.05) is 4.47 Å². The number of Topliss-reactive ketones (excluding diaryl/α,β-unsaturated/α-hetero) is 1. The molecule has 3 nitrogen and oxygen atoms in total. The Morgan fingerprint density at radius 1 is 1.38 bits per heavy atom. The first-order valence-electron chi connectivity index (χ1n) is 8.44. The number of hydrogen-bond donors (Lipinski definition) is 0. The molecule has 0 spiro atoms. The second kappa shape index (κ2) is 8.61. The number of carbonyl (C=O) groups excluding carboxylic acids is 2. The van der Waals surface area contributed by atoms with Gasteiger partial charge >= 0.3 is 5.97 Å². The zero-order valence-electron chi connectivity index (χ0n) is 14.2. The summed E-state index contributed by atoms with van der Waals surface area (Å²) in [5.41, 5.74) is 0.542. The third kappa shape index (κ3) is 4.69. The van der Waals surface area contributed by atoms with E-state index in [0.29, 0.717) is 17.9 Å².